The third kappa shape index (κ3) is 2.43. The van der Waals surface area contributed by atoms with Crippen LogP contribution in [0.2, 0.25) is 0 Å². The standard InChI is InChI=1S/C8H18N2O/c1-4-11-9-8-5-7(2)10(3)6-8/h7-9H,4-6H2,1-3H3. The summed E-state index contributed by atoms with van der Waals surface area (Å²) in [6.07, 6.45) is 1.19. The fourth-order valence-electron chi connectivity index (χ4n) is 1.48. The molecule has 0 radical (unpaired) electrons. The molecule has 66 valence electrons. The number of rotatable bonds is 3. The Labute approximate surface area is 68.7 Å². The van der Waals surface area contributed by atoms with Crippen LogP contribution in [0.15, 0.2) is 0 Å². The summed E-state index contributed by atoms with van der Waals surface area (Å²) < 4.78 is 0. The molecule has 1 N–H and O–H groups in total. The molecule has 1 saturated heterocycles. The summed E-state index contributed by atoms with van der Waals surface area (Å²) in [6.45, 7) is 6.08. The van der Waals surface area contributed by atoms with Crippen LogP contribution in [0.1, 0.15) is 20.3 Å². The largest absolute Gasteiger partial charge is 0.302 e. The maximum atomic E-state index is 5.14. The maximum absolute atomic E-state index is 5.14. The molecule has 2 atom stereocenters. The van der Waals surface area contributed by atoms with Gasteiger partial charge in [0, 0.05) is 18.6 Å². The van der Waals surface area contributed by atoms with Crippen LogP contribution in [0.5, 0.6) is 0 Å². The number of likely N-dealkylation sites (tertiary alicyclic amines) is 1. The first-order valence-corrected chi connectivity index (χ1v) is 4.31. The van der Waals surface area contributed by atoms with Crippen LogP contribution in [-0.2, 0) is 4.84 Å². The van der Waals surface area contributed by atoms with Gasteiger partial charge >= 0.3 is 0 Å². The molecule has 0 aliphatic carbocycles. The number of nitrogens with one attached hydrogen (secondary N) is 1. The van der Waals surface area contributed by atoms with Gasteiger partial charge in [-0.25, -0.2) is 0 Å². The van der Waals surface area contributed by atoms with Crippen molar-refractivity contribution < 1.29 is 4.84 Å². The van der Waals surface area contributed by atoms with Crippen molar-refractivity contribution in [2.75, 3.05) is 20.2 Å². The zero-order valence-corrected chi connectivity index (χ0v) is 7.63. The van der Waals surface area contributed by atoms with Gasteiger partial charge in [-0.1, -0.05) is 0 Å². The first-order valence-electron chi connectivity index (χ1n) is 4.31. The Kier molecular flexibility index (Phi) is 3.30. The number of nitrogens with zero attached hydrogens (tertiary/aromatic N) is 1. The van der Waals surface area contributed by atoms with Gasteiger partial charge in [-0.2, -0.15) is 5.48 Å². The Hall–Kier alpha value is -0.120. The first-order chi connectivity index (χ1) is 5.24. The molecule has 1 aliphatic heterocycles. The number of hydrogen-bond donors (Lipinski definition) is 1. The lowest BCUT2D eigenvalue weighted by Crippen LogP contribution is -2.31. The van der Waals surface area contributed by atoms with Gasteiger partial charge in [-0.3, -0.25) is 0 Å². The molecule has 0 saturated carbocycles. The van der Waals surface area contributed by atoms with E-state index in [9.17, 15) is 0 Å². The van der Waals surface area contributed by atoms with Gasteiger partial charge in [0.05, 0.1) is 6.61 Å². The molecule has 0 spiro atoms. The lowest BCUT2D eigenvalue weighted by atomic mass is 10.2. The normalized spacial score (nSPS) is 33.0. The molecule has 3 nitrogen and oxygen atoms in total. The molecule has 0 amide bonds. The molecule has 3 heteroatoms. The van der Waals surface area contributed by atoms with E-state index in [1.54, 1.807) is 0 Å². The van der Waals surface area contributed by atoms with E-state index in [1.807, 2.05) is 6.92 Å². The molecule has 0 aromatic carbocycles. The summed E-state index contributed by atoms with van der Waals surface area (Å²) in [6, 6.07) is 1.21. The second-order valence-corrected chi connectivity index (χ2v) is 3.27. The van der Waals surface area contributed by atoms with Crippen LogP contribution in [0.4, 0.5) is 0 Å². The Morgan fingerprint density at radius 3 is 2.82 bits per heavy atom. The Bertz CT molecular complexity index is 109. The predicted octanol–water partition coefficient (Wildman–Crippen LogP) is 0.620. The van der Waals surface area contributed by atoms with E-state index in [4.69, 9.17) is 4.84 Å². The Morgan fingerprint density at radius 2 is 2.36 bits per heavy atom. The van der Waals surface area contributed by atoms with Gasteiger partial charge in [0.1, 0.15) is 0 Å². The minimum atomic E-state index is 0.523. The van der Waals surface area contributed by atoms with Crippen LogP contribution in [0.25, 0.3) is 0 Å². The van der Waals surface area contributed by atoms with E-state index in [0.29, 0.717) is 12.1 Å². The van der Waals surface area contributed by atoms with E-state index in [2.05, 4.69) is 24.4 Å². The van der Waals surface area contributed by atoms with Gasteiger partial charge in [0.25, 0.3) is 0 Å². The highest BCUT2D eigenvalue weighted by atomic mass is 16.6. The van der Waals surface area contributed by atoms with Crippen LogP contribution in [-0.4, -0.2) is 37.2 Å². The van der Waals surface area contributed by atoms with Crippen molar-refractivity contribution in [1.29, 1.82) is 0 Å². The van der Waals surface area contributed by atoms with Gasteiger partial charge < -0.3 is 9.74 Å². The SMILES string of the molecule is CCONC1CC(C)N(C)C1. The minimum absolute atomic E-state index is 0.523. The highest BCUT2D eigenvalue weighted by molar-refractivity contribution is 4.82. The molecule has 11 heavy (non-hydrogen) atoms. The molecule has 1 fully saturated rings. The van der Waals surface area contributed by atoms with E-state index in [0.717, 1.165) is 13.2 Å². The number of hydroxylamine groups is 1. The predicted molar refractivity (Wildman–Crippen MR) is 45.3 cm³/mol. The summed E-state index contributed by atoms with van der Waals surface area (Å²) >= 11 is 0. The van der Waals surface area contributed by atoms with Crippen molar-refractivity contribution >= 4 is 0 Å². The molecule has 1 rings (SSSR count). The summed E-state index contributed by atoms with van der Waals surface area (Å²) in [5, 5.41) is 0. The number of hydrogen-bond acceptors (Lipinski definition) is 3. The molecule has 0 aromatic rings. The quantitative estimate of drug-likeness (QED) is 0.609. The van der Waals surface area contributed by atoms with Crippen molar-refractivity contribution in [3.63, 3.8) is 0 Å². The van der Waals surface area contributed by atoms with Gasteiger partial charge in [0.15, 0.2) is 0 Å². The third-order valence-electron chi connectivity index (χ3n) is 2.28. The lowest BCUT2D eigenvalue weighted by Gasteiger charge is -2.12. The molecule has 0 bridgehead atoms. The van der Waals surface area contributed by atoms with Crippen LogP contribution in [0, 0.1) is 0 Å². The zero-order valence-electron chi connectivity index (χ0n) is 7.63. The molecule has 2 unspecified atom stereocenters. The first kappa shape index (κ1) is 8.97. The highest BCUT2D eigenvalue weighted by Crippen LogP contribution is 2.14. The highest BCUT2D eigenvalue weighted by Gasteiger charge is 2.25. The van der Waals surface area contributed by atoms with E-state index < -0.39 is 0 Å². The van der Waals surface area contributed by atoms with Gasteiger partial charge in [0.2, 0.25) is 0 Å². The summed E-state index contributed by atoms with van der Waals surface area (Å²) in [5.74, 6) is 0. The average Bonchev–Trinajstić information content (AvgIpc) is 2.28. The average molecular weight is 158 g/mol. The van der Waals surface area contributed by atoms with Crippen LogP contribution < -0.4 is 5.48 Å². The van der Waals surface area contributed by atoms with Gasteiger partial charge in [-0.15, -0.1) is 0 Å². The molecular weight excluding hydrogens is 140 g/mol. The van der Waals surface area contributed by atoms with E-state index in [1.165, 1.54) is 6.42 Å². The third-order valence-corrected chi connectivity index (χ3v) is 2.28. The second-order valence-electron chi connectivity index (χ2n) is 3.27. The maximum Gasteiger partial charge on any atom is 0.0654 e. The zero-order chi connectivity index (χ0) is 8.27. The summed E-state index contributed by atoms with van der Waals surface area (Å²) in [4.78, 5) is 7.48. The Balaban J connectivity index is 2.18. The van der Waals surface area contributed by atoms with Crippen molar-refractivity contribution in [1.82, 2.24) is 10.4 Å². The van der Waals surface area contributed by atoms with Crippen LogP contribution >= 0.6 is 0 Å². The molecular formula is C8H18N2O. The van der Waals surface area contributed by atoms with Crippen LogP contribution in [0.3, 0.4) is 0 Å². The summed E-state index contributed by atoms with van der Waals surface area (Å²) in [7, 11) is 2.15. The summed E-state index contributed by atoms with van der Waals surface area (Å²) in [5.41, 5.74) is 3.05. The lowest BCUT2D eigenvalue weighted by molar-refractivity contribution is 0.0272. The minimum Gasteiger partial charge on any atom is -0.302 e. The van der Waals surface area contributed by atoms with Crippen molar-refractivity contribution in [3.8, 4) is 0 Å². The number of likely N-dealkylation sites (N-methyl/N-ethyl adjacent to an activating group) is 1. The fraction of sp³-hybridized carbons (Fsp3) is 1.00. The topological polar surface area (TPSA) is 24.5 Å². The van der Waals surface area contributed by atoms with Crippen molar-refractivity contribution in [2.24, 2.45) is 0 Å². The van der Waals surface area contributed by atoms with Crippen molar-refractivity contribution in [3.05, 3.63) is 0 Å². The van der Waals surface area contributed by atoms with Gasteiger partial charge in [-0.05, 0) is 27.3 Å². The monoisotopic (exact) mass is 158 g/mol. The van der Waals surface area contributed by atoms with Crippen molar-refractivity contribution in [2.45, 2.75) is 32.4 Å². The van der Waals surface area contributed by atoms with E-state index in [-0.39, 0.29) is 0 Å². The smallest absolute Gasteiger partial charge is 0.0654 e. The fourth-order valence-corrected chi connectivity index (χ4v) is 1.48. The van der Waals surface area contributed by atoms with E-state index >= 15 is 0 Å². The molecule has 1 heterocycles. The molecule has 0 aromatic heterocycles. The molecule has 1 aliphatic rings. The second kappa shape index (κ2) is 4.04. The Morgan fingerprint density at radius 1 is 1.64 bits per heavy atom.